The van der Waals surface area contributed by atoms with Gasteiger partial charge in [0.15, 0.2) is 0 Å². The van der Waals surface area contributed by atoms with Gasteiger partial charge in [-0.25, -0.2) is 4.79 Å². The highest BCUT2D eigenvalue weighted by atomic mass is 32.2. The maximum atomic E-state index is 12.0. The normalized spacial score (nSPS) is 21.8. The van der Waals surface area contributed by atoms with Gasteiger partial charge in [-0.05, 0) is 44.1 Å². The summed E-state index contributed by atoms with van der Waals surface area (Å²) in [5.74, 6) is 1.64. The third kappa shape index (κ3) is 3.67. The zero-order chi connectivity index (χ0) is 14.8. The lowest BCUT2D eigenvalue weighted by atomic mass is 10.0. The summed E-state index contributed by atoms with van der Waals surface area (Å²) >= 11 is 1.72. The lowest BCUT2D eigenvalue weighted by molar-refractivity contribution is 0.0706. The van der Waals surface area contributed by atoms with Crippen LogP contribution in [0.1, 0.15) is 23.1 Å². The molecule has 1 aliphatic rings. The van der Waals surface area contributed by atoms with Crippen molar-refractivity contribution in [1.82, 2.24) is 5.32 Å². The number of rotatable bonds is 3. The Morgan fingerprint density at radius 1 is 1.35 bits per heavy atom. The fourth-order valence-electron chi connectivity index (χ4n) is 2.52. The Bertz CT molecular complexity index is 488. The number of amides is 2. The summed E-state index contributed by atoms with van der Waals surface area (Å²) in [4.78, 5) is 12.0. The van der Waals surface area contributed by atoms with Crippen LogP contribution in [0.4, 0.5) is 10.5 Å². The van der Waals surface area contributed by atoms with Gasteiger partial charge in [-0.2, -0.15) is 11.8 Å². The standard InChI is InChI=1S/C15H22N2O2S/c1-10-6-11(2)13(12(3)7-10)17-14(18)16-8-15(19)4-5-20-9-15/h6-7,19H,4-5,8-9H2,1-3H3,(H2,16,17,18). The van der Waals surface area contributed by atoms with Crippen molar-refractivity contribution in [2.24, 2.45) is 0 Å². The van der Waals surface area contributed by atoms with Gasteiger partial charge in [0, 0.05) is 18.0 Å². The lowest BCUT2D eigenvalue weighted by Gasteiger charge is -2.22. The minimum absolute atomic E-state index is 0.259. The SMILES string of the molecule is Cc1cc(C)c(NC(=O)NCC2(O)CCSC2)c(C)c1. The van der Waals surface area contributed by atoms with E-state index in [0.29, 0.717) is 12.3 Å². The zero-order valence-corrected chi connectivity index (χ0v) is 13.1. The van der Waals surface area contributed by atoms with Gasteiger partial charge in [0.25, 0.3) is 0 Å². The van der Waals surface area contributed by atoms with Gasteiger partial charge in [-0.1, -0.05) is 17.7 Å². The maximum absolute atomic E-state index is 12.0. The average Bonchev–Trinajstić information content (AvgIpc) is 2.79. The summed E-state index contributed by atoms with van der Waals surface area (Å²) in [7, 11) is 0. The largest absolute Gasteiger partial charge is 0.387 e. The minimum atomic E-state index is -0.751. The molecule has 0 aromatic heterocycles. The van der Waals surface area contributed by atoms with Crippen LogP contribution in [0.15, 0.2) is 12.1 Å². The number of thioether (sulfide) groups is 1. The third-order valence-corrected chi connectivity index (χ3v) is 4.81. The van der Waals surface area contributed by atoms with Crippen molar-refractivity contribution in [2.45, 2.75) is 32.8 Å². The number of aryl methyl sites for hydroxylation is 3. The Labute approximate surface area is 124 Å². The van der Waals surface area contributed by atoms with E-state index in [1.165, 1.54) is 5.56 Å². The molecular weight excluding hydrogens is 272 g/mol. The van der Waals surface area contributed by atoms with Crippen molar-refractivity contribution >= 4 is 23.5 Å². The Morgan fingerprint density at radius 2 is 2.00 bits per heavy atom. The first kappa shape index (κ1) is 15.2. The molecule has 1 saturated heterocycles. The fourth-order valence-corrected chi connectivity index (χ4v) is 3.81. The van der Waals surface area contributed by atoms with Gasteiger partial charge in [0.05, 0.1) is 5.60 Å². The number of aliphatic hydroxyl groups is 1. The van der Waals surface area contributed by atoms with Gasteiger partial charge in [0.2, 0.25) is 0 Å². The molecule has 0 saturated carbocycles. The van der Waals surface area contributed by atoms with Crippen LogP contribution in [0.3, 0.4) is 0 Å². The Balaban J connectivity index is 1.95. The molecule has 3 N–H and O–H groups in total. The van der Waals surface area contributed by atoms with Crippen LogP contribution in [0, 0.1) is 20.8 Å². The first-order valence-corrected chi connectivity index (χ1v) is 7.98. The van der Waals surface area contributed by atoms with Gasteiger partial charge in [-0.15, -0.1) is 0 Å². The first-order chi connectivity index (χ1) is 9.39. The van der Waals surface area contributed by atoms with E-state index in [-0.39, 0.29) is 6.03 Å². The van der Waals surface area contributed by atoms with E-state index in [4.69, 9.17) is 0 Å². The van der Waals surface area contributed by atoms with Crippen molar-refractivity contribution in [3.63, 3.8) is 0 Å². The van der Waals surface area contributed by atoms with Gasteiger partial charge in [0.1, 0.15) is 0 Å². The number of urea groups is 1. The summed E-state index contributed by atoms with van der Waals surface area (Å²) in [6, 6.07) is 3.83. The number of anilines is 1. The molecule has 1 heterocycles. The maximum Gasteiger partial charge on any atom is 0.319 e. The van der Waals surface area contributed by atoms with Crippen LogP contribution in [-0.4, -0.2) is 34.8 Å². The fraction of sp³-hybridized carbons (Fsp3) is 0.533. The van der Waals surface area contributed by atoms with Gasteiger partial charge < -0.3 is 15.7 Å². The second-order valence-electron chi connectivity index (χ2n) is 5.61. The number of carbonyl (C=O) groups excluding carboxylic acids is 1. The molecule has 20 heavy (non-hydrogen) atoms. The molecule has 110 valence electrons. The van der Waals surface area contributed by atoms with E-state index < -0.39 is 5.60 Å². The van der Waals surface area contributed by atoms with Crippen molar-refractivity contribution in [3.8, 4) is 0 Å². The highest BCUT2D eigenvalue weighted by molar-refractivity contribution is 7.99. The molecule has 2 amide bonds. The van der Waals surface area contributed by atoms with Gasteiger partial charge >= 0.3 is 6.03 Å². The molecule has 1 fully saturated rings. The summed E-state index contributed by atoms with van der Waals surface area (Å²) in [6.45, 7) is 6.31. The van der Waals surface area contributed by atoms with Gasteiger partial charge in [-0.3, -0.25) is 0 Å². The Hall–Kier alpha value is -1.20. The molecule has 0 radical (unpaired) electrons. The van der Waals surface area contributed by atoms with E-state index in [1.807, 2.05) is 32.9 Å². The van der Waals surface area contributed by atoms with Crippen LogP contribution in [-0.2, 0) is 0 Å². The molecule has 4 nitrogen and oxygen atoms in total. The molecule has 0 aliphatic carbocycles. The van der Waals surface area contributed by atoms with Crippen LogP contribution in [0.2, 0.25) is 0 Å². The molecule has 1 atom stereocenters. The highest BCUT2D eigenvalue weighted by Gasteiger charge is 2.31. The smallest absolute Gasteiger partial charge is 0.319 e. The molecule has 1 unspecified atom stereocenters. The van der Waals surface area contributed by atoms with E-state index in [1.54, 1.807) is 11.8 Å². The Kier molecular flexibility index (Phi) is 4.60. The molecule has 1 aromatic carbocycles. The van der Waals surface area contributed by atoms with Crippen molar-refractivity contribution in [2.75, 3.05) is 23.4 Å². The summed E-state index contributed by atoms with van der Waals surface area (Å²) in [5, 5.41) is 15.8. The molecule has 5 heteroatoms. The van der Waals surface area contributed by atoms with Crippen LogP contribution < -0.4 is 10.6 Å². The highest BCUT2D eigenvalue weighted by Crippen LogP contribution is 2.27. The summed E-state index contributed by atoms with van der Waals surface area (Å²) < 4.78 is 0. The van der Waals surface area contributed by atoms with Crippen molar-refractivity contribution < 1.29 is 9.90 Å². The van der Waals surface area contributed by atoms with Crippen LogP contribution in [0.5, 0.6) is 0 Å². The molecular formula is C15H22N2O2S. The number of benzene rings is 1. The Morgan fingerprint density at radius 3 is 2.55 bits per heavy atom. The molecule has 0 bridgehead atoms. The van der Waals surface area contributed by atoms with E-state index in [9.17, 15) is 9.90 Å². The van der Waals surface area contributed by atoms with E-state index in [2.05, 4.69) is 10.6 Å². The topological polar surface area (TPSA) is 61.4 Å². The average molecular weight is 294 g/mol. The van der Waals surface area contributed by atoms with E-state index >= 15 is 0 Å². The van der Waals surface area contributed by atoms with Crippen LogP contribution >= 0.6 is 11.8 Å². The number of hydrogen-bond acceptors (Lipinski definition) is 3. The molecule has 2 rings (SSSR count). The lowest BCUT2D eigenvalue weighted by Crippen LogP contribution is -2.44. The van der Waals surface area contributed by atoms with Crippen molar-refractivity contribution in [3.05, 3.63) is 28.8 Å². The van der Waals surface area contributed by atoms with Crippen molar-refractivity contribution in [1.29, 1.82) is 0 Å². The number of nitrogens with one attached hydrogen (secondary N) is 2. The number of carbonyl (C=O) groups is 1. The predicted octanol–water partition coefficient (Wildman–Crippen LogP) is 2.60. The second-order valence-corrected chi connectivity index (χ2v) is 6.71. The van der Waals surface area contributed by atoms with Crippen LogP contribution in [0.25, 0.3) is 0 Å². The van der Waals surface area contributed by atoms with E-state index in [0.717, 1.165) is 29.0 Å². The number of hydrogen-bond donors (Lipinski definition) is 3. The summed E-state index contributed by atoms with van der Waals surface area (Å²) in [6.07, 6.45) is 0.737. The first-order valence-electron chi connectivity index (χ1n) is 6.82. The molecule has 1 aromatic rings. The summed E-state index contributed by atoms with van der Waals surface area (Å²) in [5.41, 5.74) is 3.38. The molecule has 0 spiro atoms. The monoisotopic (exact) mass is 294 g/mol. The minimum Gasteiger partial charge on any atom is -0.387 e. The third-order valence-electron chi connectivity index (χ3n) is 3.58. The quantitative estimate of drug-likeness (QED) is 0.803. The zero-order valence-electron chi connectivity index (χ0n) is 12.2. The predicted molar refractivity (Wildman–Crippen MR) is 84.6 cm³/mol. The second kappa shape index (κ2) is 6.06. The molecule has 1 aliphatic heterocycles.